The molecule has 1 saturated heterocycles. The largest absolute Gasteiger partial charge is 0.444 e. The van der Waals surface area contributed by atoms with Crippen LogP contribution in [0.15, 0.2) is 36.4 Å². The smallest absolute Gasteiger partial charge is 0.410 e. The van der Waals surface area contributed by atoms with E-state index in [1.54, 1.807) is 52.6 Å². The van der Waals surface area contributed by atoms with Crippen LogP contribution in [0.5, 0.6) is 0 Å². The number of pyridine rings is 1. The molecule has 0 aliphatic carbocycles. The lowest BCUT2D eigenvalue weighted by Gasteiger charge is -2.40. The van der Waals surface area contributed by atoms with Crippen LogP contribution in [0, 0.1) is 11.3 Å². The molecule has 4 amide bonds. The summed E-state index contributed by atoms with van der Waals surface area (Å²) in [6.45, 7) is 12.8. The summed E-state index contributed by atoms with van der Waals surface area (Å²) in [5.74, 6) is -1.51. The lowest BCUT2D eigenvalue weighted by Crippen LogP contribution is -2.58. The maximum absolute atomic E-state index is 14.1. The standard InChI is InChI=1S/C33H48N6O6/c1-20(2)27(29(42)35-21(3)28(41)38-34-8)37-30(43)33(15-17-39(18-16-33)31(44)45-32(5,6)7)14-13-23-9-10-24-11-12-25(22(4)40)36-26(24)19-23/h9-14,19-22,27,34,40H,15-18H2,1-8H3,(H,35,42)(H,37,43)(H,38,41)/b14-13+/t21-,22+,27-/m0/s1. The van der Waals surface area contributed by atoms with E-state index >= 15 is 0 Å². The van der Waals surface area contributed by atoms with Gasteiger partial charge in [-0.1, -0.05) is 44.2 Å². The number of carbonyl (C=O) groups is 4. The number of ether oxygens (including phenoxy) is 1. The molecule has 1 aromatic carbocycles. The first-order chi connectivity index (χ1) is 21.0. The first-order valence-electron chi connectivity index (χ1n) is 15.4. The molecule has 0 spiro atoms. The molecule has 1 aromatic heterocycles. The van der Waals surface area contributed by atoms with Crippen molar-refractivity contribution in [2.75, 3.05) is 20.1 Å². The fraction of sp³-hybridized carbons (Fsp3) is 0.545. The average Bonchev–Trinajstić information content (AvgIpc) is 2.97. The van der Waals surface area contributed by atoms with Crippen LogP contribution in [0.2, 0.25) is 0 Å². The Balaban J connectivity index is 1.90. The molecule has 0 saturated carbocycles. The van der Waals surface area contributed by atoms with Gasteiger partial charge in [0.15, 0.2) is 0 Å². The topological polar surface area (TPSA) is 162 Å². The van der Waals surface area contributed by atoms with E-state index in [2.05, 4.69) is 26.5 Å². The van der Waals surface area contributed by atoms with E-state index < -0.39 is 47.1 Å². The molecule has 5 N–H and O–H groups in total. The number of aliphatic hydroxyl groups excluding tert-OH is 1. The van der Waals surface area contributed by atoms with Gasteiger partial charge in [0.2, 0.25) is 11.8 Å². The molecule has 12 heteroatoms. The number of piperidine rings is 1. The van der Waals surface area contributed by atoms with Gasteiger partial charge in [-0.2, -0.15) is 0 Å². The highest BCUT2D eigenvalue weighted by atomic mass is 16.6. The second kappa shape index (κ2) is 14.8. The Kier molecular flexibility index (Phi) is 11.7. The number of nitrogens with one attached hydrogen (secondary N) is 4. The fourth-order valence-electron chi connectivity index (χ4n) is 5.05. The minimum atomic E-state index is -1.04. The zero-order valence-corrected chi connectivity index (χ0v) is 27.6. The van der Waals surface area contributed by atoms with Gasteiger partial charge in [-0.05, 0) is 71.1 Å². The van der Waals surface area contributed by atoms with Gasteiger partial charge in [0.05, 0.1) is 22.7 Å². The normalized spacial score (nSPS) is 17.1. The van der Waals surface area contributed by atoms with E-state index in [1.807, 2.05) is 50.3 Å². The number of hydrazine groups is 1. The Labute approximate surface area is 265 Å². The van der Waals surface area contributed by atoms with Gasteiger partial charge in [0.25, 0.3) is 5.91 Å². The number of hydrogen-bond acceptors (Lipinski definition) is 8. The van der Waals surface area contributed by atoms with Crippen LogP contribution >= 0.6 is 0 Å². The third-order valence-corrected chi connectivity index (χ3v) is 7.76. The predicted octanol–water partition coefficient (Wildman–Crippen LogP) is 3.21. The van der Waals surface area contributed by atoms with Crippen LogP contribution in [0.3, 0.4) is 0 Å². The van der Waals surface area contributed by atoms with Crippen LogP contribution in [0.4, 0.5) is 4.79 Å². The van der Waals surface area contributed by atoms with Crippen LogP contribution < -0.4 is 21.5 Å². The SMILES string of the molecule is CNNC(=O)[C@H](C)NC(=O)[C@@H](NC(=O)C1(/C=C/c2ccc3ccc([C@@H](C)O)nc3c2)CCN(C(=O)OC(C)(C)C)CC1)C(C)C. The van der Waals surface area contributed by atoms with Crippen molar-refractivity contribution in [3.8, 4) is 0 Å². The van der Waals surface area contributed by atoms with Crippen molar-refractivity contribution >= 4 is 40.8 Å². The summed E-state index contributed by atoms with van der Waals surface area (Å²) < 4.78 is 5.56. The molecule has 0 bridgehead atoms. The Bertz CT molecular complexity index is 1410. The van der Waals surface area contributed by atoms with Crippen molar-refractivity contribution in [1.29, 1.82) is 0 Å². The Morgan fingerprint density at radius 3 is 2.22 bits per heavy atom. The van der Waals surface area contributed by atoms with E-state index in [1.165, 1.54) is 0 Å². The molecule has 3 rings (SSSR count). The van der Waals surface area contributed by atoms with Gasteiger partial charge in [-0.3, -0.25) is 24.8 Å². The minimum absolute atomic E-state index is 0.272. The number of aromatic nitrogens is 1. The Hall–Kier alpha value is -4.03. The quantitative estimate of drug-likeness (QED) is 0.252. The highest BCUT2D eigenvalue weighted by Gasteiger charge is 2.43. The summed E-state index contributed by atoms with van der Waals surface area (Å²) in [5.41, 5.74) is 5.37. The molecule has 3 atom stereocenters. The average molecular weight is 625 g/mol. The van der Waals surface area contributed by atoms with Gasteiger partial charge in [0.1, 0.15) is 17.7 Å². The van der Waals surface area contributed by atoms with Crippen molar-refractivity contribution < 1.29 is 29.0 Å². The summed E-state index contributed by atoms with van der Waals surface area (Å²) in [4.78, 5) is 58.5. The van der Waals surface area contributed by atoms with Crippen molar-refractivity contribution in [2.45, 2.75) is 85.1 Å². The maximum atomic E-state index is 14.1. The molecule has 45 heavy (non-hydrogen) atoms. The van der Waals surface area contributed by atoms with Crippen molar-refractivity contribution in [3.05, 3.63) is 47.7 Å². The molecule has 2 heterocycles. The summed E-state index contributed by atoms with van der Waals surface area (Å²) in [7, 11) is 1.55. The highest BCUT2D eigenvalue weighted by molar-refractivity contribution is 5.94. The van der Waals surface area contributed by atoms with E-state index in [0.717, 1.165) is 10.9 Å². The first kappa shape index (κ1) is 35.4. The van der Waals surface area contributed by atoms with E-state index in [9.17, 15) is 24.3 Å². The molecule has 0 radical (unpaired) electrons. The molecule has 1 aliphatic rings. The monoisotopic (exact) mass is 624 g/mol. The molecule has 246 valence electrons. The predicted molar refractivity (Wildman–Crippen MR) is 172 cm³/mol. The van der Waals surface area contributed by atoms with Crippen LogP contribution in [0.1, 0.15) is 78.7 Å². The van der Waals surface area contributed by atoms with Gasteiger partial charge in [0, 0.05) is 25.5 Å². The van der Waals surface area contributed by atoms with Crippen molar-refractivity contribution in [1.82, 2.24) is 31.4 Å². The zero-order valence-electron chi connectivity index (χ0n) is 27.6. The Morgan fingerprint density at radius 2 is 1.64 bits per heavy atom. The molecular formula is C33H48N6O6. The van der Waals surface area contributed by atoms with Crippen molar-refractivity contribution in [3.63, 3.8) is 0 Å². The number of fused-ring (bicyclic) bond motifs is 1. The highest BCUT2D eigenvalue weighted by Crippen LogP contribution is 2.35. The maximum Gasteiger partial charge on any atom is 0.410 e. The second-order valence-electron chi connectivity index (χ2n) is 13.0. The fourth-order valence-corrected chi connectivity index (χ4v) is 5.05. The molecule has 1 aliphatic heterocycles. The number of aliphatic hydroxyl groups is 1. The van der Waals surface area contributed by atoms with Crippen LogP contribution in [-0.4, -0.2) is 76.6 Å². The number of amides is 4. The van der Waals surface area contributed by atoms with Gasteiger partial charge in [-0.15, -0.1) is 0 Å². The first-order valence-corrected chi connectivity index (χ1v) is 15.4. The van der Waals surface area contributed by atoms with E-state index in [4.69, 9.17) is 4.74 Å². The minimum Gasteiger partial charge on any atom is -0.444 e. The number of likely N-dealkylation sites (tertiary alicyclic amines) is 1. The molecular weight excluding hydrogens is 576 g/mol. The number of hydrogen-bond donors (Lipinski definition) is 5. The second-order valence-corrected chi connectivity index (χ2v) is 13.0. The summed E-state index contributed by atoms with van der Waals surface area (Å²) >= 11 is 0. The lowest BCUT2D eigenvalue weighted by molar-refractivity contribution is -0.137. The Morgan fingerprint density at radius 1 is 1.00 bits per heavy atom. The number of nitrogens with zero attached hydrogens (tertiary/aromatic N) is 2. The van der Waals surface area contributed by atoms with Gasteiger partial charge < -0.3 is 25.4 Å². The number of carbonyl (C=O) groups excluding carboxylic acids is 4. The third kappa shape index (κ3) is 9.48. The molecule has 12 nitrogen and oxygen atoms in total. The number of rotatable bonds is 10. The molecule has 2 aromatic rings. The summed E-state index contributed by atoms with van der Waals surface area (Å²) in [6, 6.07) is 7.70. The van der Waals surface area contributed by atoms with E-state index in [-0.39, 0.29) is 24.9 Å². The van der Waals surface area contributed by atoms with Crippen LogP contribution in [-0.2, 0) is 19.1 Å². The van der Waals surface area contributed by atoms with E-state index in [0.29, 0.717) is 24.1 Å². The van der Waals surface area contributed by atoms with Gasteiger partial charge >= 0.3 is 6.09 Å². The third-order valence-electron chi connectivity index (χ3n) is 7.76. The van der Waals surface area contributed by atoms with Crippen molar-refractivity contribution in [2.24, 2.45) is 11.3 Å². The lowest BCUT2D eigenvalue weighted by atomic mass is 9.76. The van der Waals surface area contributed by atoms with Gasteiger partial charge in [-0.25, -0.2) is 10.2 Å². The summed E-state index contributed by atoms with van der Waals surface area (Å²) in [6.07, 6.45) is 3.16. The zero-order chi connectivity index (χ0) is 33.5. The molecule has 0 unspecified atom stereocenters. The number of benzene rings is 1. The summed E-state index contributed by atoms with van der Waals surface area (Å²) in [5, 5.41) is 16.5. The molecule has 1 fully saturated rings. The van der Waals surface area contributed by atoms with Crippen LogP contribution in [0.25, 0.3) is 17.0 Å².